The number of nitrogens with one attached hydrogen (secondary N) is 1. The molecule has 0 saturated heterocycles. The number of aromatic nitrogens is 2. The highest BCUT2D eigenvalue weighted by Crippen LogP contribution is 2.24. The highest BCUT2D eigenvalue weighted by atomic mass is 32.1. The van der Waals surface area contributed by atoms with Crippen LogP contribution >= 0.6 is 11.3 Å². The van der Waals surface area contributed by atoms with Crippen LogP contribution in [0, 0.1) is 0 Å². The Kier molecular flexibility index (Phi) is 4.97. The van der Waals surface area contributed by atoms with Crippen LogP contribution in [0.15, 0.2) is 22.0 Å². The van der Waals surface area contributed by atoms with E-state index in [-0.39, 0.29) is 24.0 Å². The fourth-order valence-corrected chi connectivity index (χ4v) is 2.57. The van der Waals surface area contributed by atoms with Gasteiger partial charge < -0.3 is 9.84 Å². The quantitative estimate of drug-likeness (QED) is 0.916. The Balaban J connectivity index is 1.99. The monoisotopic (exact) mass is 322 g/mol. The number of thiophene rings is 1. The maximum absolute atomic E-state index is 12.0. The molecule has 2 heterocycles. The van der Waals surface area contributed by atoms with E-state index in [0.29, 0.717) is 11.7 Å². The van der Waals surface area contributed by atoms with Crippen LogP contribution in [0.2, 0.25) is 0 Å². The summed E-state index contributed by atoms with van der Waals surface area (Å²) in [4.78, 5) is 19.2. The zero-order chi connectivity index (χ0) is 16.3. The molecule has 1 amide bonds. The van der Waals surface area contributed by atoms with E-state index in [0.717, 1.165) is 4.88 Å². The van der Waals surface area contributed by atoms with E-state index in [4.69, 9.17) is 4.52 Å². The minimum atomic E-state index is -0.238. The van der Waals surface area contributed by atoms with Gasteiger partial charge in [-0.25, -0.2) is 0 Å². The van der Waals surface area contributed by atoms with E-state index in [1.54, 1.807) is 11.3 Å². The standard InChI is InChI=1S/C15H22N4O2S/c1-10(19(5)9-12(20)17-15(2,3)4)14-16-13(18-21-14)11-7-6-8-22-11/h6-8,10H,9H2,1-5H3,(H,17,20). The van der Waals surface area contributed by atoms with Crippen molar-refractivity contribution in [3.05, 3.63) is 23.4 Å². The number of amides is 1. The molecule has 0 saturated carbocycles. The van der Waals surface area contributed by atoms with Crippen molar-refractivity contribution in [1.82, 2.24) is 20.4 Å². The SMILES string of the molecule is CC(c1nc(-c2cccs2)no1)N(C)CC(=O)NC(C)(C)C. The summed E-state index contributed by atoms with van der Waals surface area (Å²) in [5, 5.41) is 8.91. The molecule has 1 atom stereocenters. The minimum absolute atomic E-state index is 0.0279. The predicted molar refractivity (Wildman–Crippen MR) is 86.6 cm³/mol. The number of nitrogens with zero attached hydrogens (tertiary/aromatic N) is 3. The van der Waals surface area contributed by atoms with E-state index >= 15 is 0 Å². The van der Waals surface area contributed by atoms with Crippen molar-refractivity contribution in [1.29, 1.82) is 0 Å². The molecule has 0 bridgehead atoms. The molecule has 0 aliphatic rings. The van der Waals surface area contributed by atoms with Crippen molar-refractivity contribution in [3.63, 3.8) is 0 Å². The van der Waals surface area contributed by atoms with E-state index in [1.807, 2.05) is 57.2 Å². The number of likely N-dealkylation sites (N-methyl/N-ethyl adjacent to an activating group) is 1. The van der Waals surface area contributed by atoms with Gasteiger partial charge in [0, 0.05) is 5.54 Å². The van der Waals surface area contributed by atoms with Crippen molar-refractivity contribution in [2.75, 3.05) is 13.6 Å². The highest BCUT2D eigenvalue weighted by Gasteiger charge is 2.22. The van der Waals surface area contributed by atoms with Crippen molar-refractivity contribution in [2.45, 2.75) is 39.3 Å². The first-order chi connectivity index (χ1) is 10.3. The van der Waals surface area contributed by atoms with Gasteiger partial charge in [0.05, 0.1) is 17.5 Å². The number of hydrogen-bond acceptors (Lipinski definition) is 6. The van der Waals surface area contributed by atoms with Gasteiger partial charge in [0.25, 0.3) is 0 Å². The Bertz CT molecular complexity index is 616. The first-order valence-corrected chi connectivity index (χ1v) is 8.03. The highest BCUT2D eigenvalue weighted by molar-refractivity contribution is 7.13. The average Bonchev–Trinajstić information content (AvgIpc) is 3.06. The molecule has 2 aromatic rings. The van der Waals surface area contributed by atoms with E-state index in [2.05, 4.69) is 15.5 Å². The first-order valence-electron chi connectivity index (χ1n) is 7.15. The second-order valence-electron chi connectivity index (χ2n) is 6.32. The number of carbonyl (C=O) groups excluding carboxylic acids is 1. The van der Waals surface area contributed by atoms with E-state index in [9.17, 15) is 4.79 Å². The average molecular weight is 322 g/mol. The lowest BCUT2D eigenvalue weighted by Gasteiger charge is -2.25. The molecule has 22 heavy (non-hydrogen) atoms. The molecule has 1 N–H and O–H groups in total. The number of rotatable bonds is 5. The van der Waals surface area contributed by atoms with E-state index < -0.39 is 0 Å². The lowest BCUT2D eigenvalue weighted by molar-refractivity contribution is -0.123. The van der Waals surface area contributed by atoms with Crippen molar-refractivity contribution in [2.24, 2.45) is 0 Å². The van der Waals surface area contributed by atoms with Crippen molar-refractivity contribution >= 4 is 17.2 Å². The maximum Gasteiger partial charge on any atom is 0.244 e. The molecule has 0 fully saturated rings. The Labute approximate surface area is 134 Å². The fourth-order valence-electron chi connectivity index (χ4n) is 1.92. The van der Waals surface area contributed by atoms with Crippen molar-refractivity contribution < 1.29 is 9.32 Å². The second kappa shape index (κ2) is 6.58. The summed E-state index contributed by atoms with van der Waals surface area (Å²) in [6.07, 6.45) is 0. The largest absolute Gasteiger partial charge is 0.350 e. The van der Waals surface area contributed by atoms with Crippen LogP contribution in [0.25, 0.3) is 10.7 Å². The van der Waals surface area contributed by atoms with Gasteiger partial charge in [-0.1, -0.05) is 11.2 Å². The topological polar surface area (TPSA) is 71.3 Å². The second-order valence-corrected chi connectivity index (χ2v) is 7.27. The van der Waals surface area contributed by atoms with Crippen LogP contribution in [0.1, 0.15) is 39.6 Å². The Morgan fingerprint density at radius 1 is 1.50 bits per heavy atom. The molecule has 0 aliphatic heterocycles. The molecule has 7 heteroatoms. The third-order valence-corrected chi connectivity index (χ3v) is 3.98. The summed E-state index contributed by atoms with van der Waals surface area (Å²) in [5.41, 5.74) is -0.238. The predicted octanol–water partition coefficient (Wildman–Crippen LogP) is 2.71. The van der Waals surface area contributed by atoms with Crippen LogP contribution < -0.4 is 5.32 Å². The van der Waals surface area contributed by atoms with Gasteiger partial charge in [0.2, 0.25) is 17.6 Å². The lowest BCUT2D eigenvalue weighted by Crippen LogP contribution is -2.45. The summed E-state index contributed by atoms with van der Waals surface area (Å²) in [6.45, 7) is 8.09. The van der Waals surface area contributed by atoms with Gasteiger partial charge in [-0.3, -0.25) is 9.69 Å². The van der Waals surface area contributed by atoms with Crippen LogP contribution in [-0.4, -0.2) is 40.1 Å². The van der Waals surface area contributed by atoms with Crippen LogP contribution in [-0.2, 0) is 4.79 Å². The smallest absolute Gasteiger partial charge is 0.244 e. The van der Waals surface area contributed by atoms with Crippen LogP contribution in [0.4, 0.5) is 0 Å². The van der Waals surface area contributed by atoms with Crippen LogP contribution in [0.3, 0.4) is 0 Å². The molecule has 0 spiro atoms. The zero-order valence-electron chi connectivity index (χ0n) is 13.6. The molecule has 2 rings (SSSR count). The maximum atomic E-state index is 12.0. The number of carbonyl (C=O) groups is 1. The normalized spacial score (nSPS) is 13.4. The summed E-state index contributed by atoms with van der Waals surface area (Å²) < 4.78 is 5.33. The fraction of sp³-hybridized carbons (Fsp3) is 0.533. The third-order valence-electron chi connectivity index (χ3n) is 3.11. The van der Waals surface area contributed by atoms with Gasteiger partial charge in [0.1, 0.15) is 0 Å². The molecule has 2 aromatic heterocycles. The molecular weight excluding hydrogens is 300 g/mol. The van der Waals surface area contributed by atoms with Gasteiger partial charge in [-0.2, -0.15) is 4.98 Å². The molecular formula is C15H22N4O2S. The van der Waals surface area contributed by atoms with Gasteiger partial charge >= 0.3 is 0 Å². The first kappa shape index (κ1) is 16.6. The van der Waals surface area contributed by atoms with Crippen molar-refractivity contribution in [3.8, 4) is 10.7 Å². The summed E-state index contributed by atoms with van der Waals surface area (Å²) in [6, 6.07) is 3.76. The third kappa shape index (κ3) is 4.38. The zero-order valence-corrected chi connectivity index (χ0v) is 14.4. The minimum Gasteiger partial charge on any atom is -0.350 e. The summed E-state index contributed by atoms with van der Waals surface area (Å²) >= 11 is 1.56. The van der Waals surface area contributed by atoms with Gasteiger partial charge in [0.15, 0.2) is 0 Å². The molecule has 0 radical (unpaired) electrons. The lowest BCUT2D eigenvalue weighted by atomic mass is 10.1. The molecule has 120 valence electrons. The van der Waals surface area contributed by atoms with Gasteiger partial charge in [-0.05, 0) is 46.2 Å². The molecule has 1 unspecified atom stereocenters. The Hall–Kier alpha value is -1.73. The summed E-state index contributed by atoms with van der Waals surface area (Å²) in [5.74, 6) is 1.07. The van der Waals surface area contributed by atoms with E-state index in [1.165, 1.54) is 0 Å². The van der Waals surface area contributed by atoms with Gasteiger partial charge in [-0.15, -0.1) is 11.3 Å². The Morgan fingerprint density at radius 2 is 2.23 bits per heavy atom. The molecule has 6 nitrogen and oxygen atoms in total. The Morgan fingerprint density at radius 3 is 2.82 bits per heavy atom. The number of hydrogen-bond donors (Lipinski definition) is 1. The molecule has 0 aromatic carbocycles. The summed E-state index contributed by atoms with van der Waals surface area (Å²) in [7, 11) is 1.86. The van der Waals surface area contributed by atoms with Crippen LogP contribution in [0.5, 0.6) is 0 Å². The molecule has 0 aliphatic carbocycles.